The molecule has 0 atom stereocenters. The number of pyridine rings is 2. The Morgan fingerprint density at radius 1 is 1.04 bits per heavy atom. The number of nitrogens with zero attached hydrogens (tertiary/aromatic N) is 2. The molecule has 5 heteroatoms. The molecule has 28 heavy (non-hydrogen) atoms. The van der Waals surface area contributed by atoms with Crippen molar-refractivity contribution < 1.29 is 4.79 Å². The number of aryl methyl sites for hydroxylation is 1. The summed E-state index contributed by atoms with van der Waals surface area (Å²) in [5.74, 6) is -0.150. The molecule has 4 nitrogen and oxygen atoms in total. The zero-order valence-corrected chi connectivity index (χ0v) is 16.1. The lowest BCUT2D eigenvalue weighted by Gasteiger charge is -2.12. The third kappa shape index (κ3) is 3.73. The van der Waals surface area contributed by atoms with Gasteiger partial charge in [0.1, 0.15) is 0 Å². The molecule has 0 aliphatic rings. The van der Waals surface area contributed by atoms with E-state index in [0.717, 1.165) is 27.6 Å². The number of fused-ring (bicyclic) bond motifs is 1. The number of nitrogens with one attached hydrogen (secondary N) is 1. The highest BCUT2D eigenvalue weighted by molar-refractivity contribution is 6.33. The van der Waals surface area contributed by atoms with Crippen molar-refractivity contribution in [2.24, 2.45) is 0 Å². The van der Waals surface area contributed by atoms with Crippen LogP contribution in [0.3, 0.4) is 0 Å². The number of amides is 1. The highest BCUT2D eigenvalue weighted by Crippen LogP contribution is 2.30. The number of hydrogen-bond donors (Lipinski definition) is 1. The smallest absolute Gasteiger partial charge is 0.252 e. The van der Waals surface area contributed by atoms with Crippen LogP contribution in [0.1, 0.15) is 21.5 Å². The molecule has 0 saturated carbocycles. The molecule has 0 unspecified atom stereocenters. The Bertz CT molecular complexity index is 1160. The first-order valence-electron chi connectivity index (χ1n) is 8.95. The first-order chi connectivity index (χ1) is 13.6. The standard InChI is InChI=1S/C23H18ClN3O/c1-15-6-7-21-18(12-15)19(23(28)26-14-16-8-10-25-11-9-16)13-22(27-21)17-4-2-3-5-20(17)24/h2-13H,14H2,1H3,(H,26,28). The first kappa shape index (κ1) is 18.1. The zero-order valence-electron chi connectivity index (χ0n) is 15.3. The van der Waals surface area contributed by atoms with Gasteiger partial charge in [0.2, 0.25) is 0 Å². The SMILES string of the molecule is Cc1ccc2nc(-c3ccccc3Cl)cc(C(=O)NCc3ccncc3)c2c1. The van der Waals surface area contributed by atoms with Gasteiger partial charge in [-0.25, -0.2) is 4.98 Å². The molecule has 0 bridgehead atoms. The van der Waals surface area contributed by atoms with E-state index in [1.165, 1.54) is 0 Å². The normalized spacial score (nSPS) is 10.8. The predicted octanol–water partition coefficient (Wildman–Crippen LogP) is 5.19. The van der Waals surface area contributed by atoms with Gasteiger partial charge in [0, 0.05) is 34.9 Å². The van der Waals surface area contributed by atoms with Gasteiger partial charge >= 0.3 is 0 Å². The molecule has 2 aromatic carbocycles. The van der Waals surface area contributed by atoms with E-state index in [-0.39, 0.29) is 5.91 Å². The summed E-state index contributed by atoms with van der Waals surface area (Å²) in [5.41, 5.74) is 4.88. The van der Waals surface area contributed by atoms with E-state index in [1.807, 2.05) is 67.6 Å². The number of carbonyl (C=O) groups excluding carboxylic acids is 1. The first-order valence-corrected chi connectivity index (χ1v) is 9.33. The van der Waals surface area contributed by atoms with Gasteiger partial charge in [-0.2, -0.15) is 0 Å². The number of rotatable bonds is 4. The summed E-state index contributed by atoms with van der Waals surface area (Å²) in [5, 5.41) is 4.42. The molecule has 0 spiro atoms. The molecule has 0 saturated heterocycles. The van der Waals surface area contributed by atoms with E-state index < -0.39 is 0 Å². The maximum absolute atomic E-state index is 13.0. The summed E-state index contributed by atoms with van der Waals surface area (Å²) >= 11 is 6.36. The topological polar surface area (TPSA) is 54.9 Å². The fourth-order valence-electron chi connectivity index (χ4n) is 3.11. The van der Waals surface area contributed by atoms with Crippen LogP contribution in [0.5, 0.6) is 0 Å². The van der Waals surface area contributed by atoms with Crippen molar-refractivity contribution in [1.29, 1.82) is 0 Å². The van der Waals surface area contributed by atoms with Crippen LogP contribution in [0.15, 0.2) is 73.1 Å². The van der Waals surface area contributed by atoms with E-state index in [9.17, 15) is 4.79 Å². The summed E-state index contributed by atoms with van der Waals surface area (Å²) in [6.45, 7) is 2.43. The monoisotopic (exact) mass is 387 g/mol. The van der Waals surface area contributed by atoms with Crippen LogP contribution in [0.25, 0.3) is 22.2 Å². The molecule has 0 radical (unpaired) electrons. The minimum absolute atomic E-state index is 0.150. The van der Waals surface area contributed by atoms with Gasteiger partial charge < -0.3 is 5.32 Å². The summed E-state index contributed by atoms with van der Waals surface area (Å²) in [6.07, 6.45) is 3.42. The van der Waals surface area contributed by atoms with Crippen molar-refractivity contribution in [2.45, 2.75) is 13.5 Å². The van der Waals surface area contributed by atoms with Crippen LogP contribution in [0.4, 0.5) is 0 Å². The Hall–Kier alpha value is -3.24. The third-order valence-electron chi connectivity index (χ3n) is 4.56. The van der Waals surface area contributed by atoms with Crippen molar-refractivity contribution >= 4 is 28.4 Å². The molecule has 1 N–H and O–H groups in total. The number of halogens is 1. The Labute approximate surface area is 168 Å². The Balaban J connectivity index is 1.77. The van der Waals surface area contributed by atoms with Crippen LogP contribution in [-0.4, -0.2) is 15.9 Å². The van der Waals surface area contributed by atoms with Crippen LogP contribution in [0, 0.1) is 6.92 Å². The largest absolute Gasteiger partial charge is 0.348 e. The molecule has 0 fully saturated rings. The lowest BCUT2D eigenvalue weighted by molar-refractivity contribution is 0.0952. The summed E-state index contributed by atoms with van der Waals surface area (Å²) in [7, 11) is 0. The minimum Gasteiger partial charge on any atom is -0.348 e. The molecule has 0 aliphatic carbocycles. The minimum atomic E-state index is -0.150. The highest BCUT2D eigenvalue weighted by Gasteiger charge is 2.15. The fourth-order valence-corrected chi connectivity index (χ4v) is 3.35. The van der Waals surface area contributed by atoms with Crippen LogP contribution < -0.4 is 5.32 Å². The average molecular weight is 388 g/mol. The number of hydrogen-bond acceptors (Lipinski definition) is 3. The van der Waals surface area contributed by atoms with E-state index >= 15 is 0 Å². The third-order valence-corrected chi connectivity index (χ3v) is 4.89. The van der Waals surface area contributed by atoms with E-state index in [0.29, 0.717) is 22.8 Å². The second kappa shape index (κ2) is 7.79. The average Bonchev–Trinajstić information content (AvgIpc) is 2.72. The van der Waals surface area contributed by atoms with Crippen LogP contribution >= 0.6 is 11.6 Å². The van der Waals surface area contributed by atoms with Gasteiger partial charge in [0.25, 0.3) is 5.91 Å². The van der Waals surface area contributed by atoms with E-state index in [4.69, 9.17) is 16.6 Å². The molecular formula is C23H18ClN3O. The van der Waals surface area contributed by atoms with Gasteiger partial charge in [-0.15, -0.1) is 0 Å². The van der Waals surface area contributed by atoms with Crippen molar-refractivity contribution in [1.82, 2.24) is 15.3 Å². The molecule has 1 amide bonds. The molecule has 0 aliphatic heterocycles. The van der Waals surface area contributed by atoms with Crippen molar-refractivity contribution in [3.05, 3.63) is 94.8 Å². The highest BCUT2D eigenvalue weighted by atomic mass is 35.5. The molecule has 138 valence electrons. The molecule has 4 aromatic rings. The number of benzene rings is 2. The van der Waals surface area contributed by atoms with Crippen molar-refractivity contribution in [2.75, 3.05) is 0 Å². The Morgan fingerprint density at radius 3 is 2.61 bits per heavy atom. The summed E-state index contributed by atoms with van der Waals surface area (Å²) in [4.78, 5) is 21.8. The van der Waals surface area contributed by atoms with Crippen molar-refractivity contribution in [3.8, 4) is 11.3 Å². The maximum Gasteiger partial charge on any atom is 0.252 e. The maximum atomic E-state index is 13.0. The van der Waals surface area contributed by atoms with Gasteiger partial charge in [-0.1, -0.05) is 41.4 Å². The van der Waals surface area contributed by atoms with E-state index in [2.05, 4.69) is 10.3 Å². The van der Waals surface area contributed by atoms with Gasteiger partial charge in [-0.05, 0) is 48.9 Å². The molecule has 4 rings (SSSR count). The number of carbonyl (C=O) groups is 1. The second-order valence-corrected chi connectivity index (χ2v) is 7.00. The fraction of sp³-hybridized carbons (Fsp3) is 0.0870. The molecule has 2 aromatic heterocycles. The van der Waals surface area contributed by atoms with Crippen LogP contribution in [-0.2, 0) is 6.54 Å². The van der Waals surface area contributed by atoms with E-state index in [1.54, 1.807) is 12.4 Å². The molecule has 2 heterocycles. The van der Waals surface area contributed by atoms with Gasteiger partial charge in [0.15, 0.2) is 0 Å². The lowest BCUT2D eigenvalue weighted by atomic mass is 10.0. The molecular weight excluding hydrogens is 370 g/mol. The Kier molecular flexibility index (Phi) is 5.04. The second-order valence-electron chi connectivity index (χ2n) is 6.59. The van der Waals surface area contributed by atoms with Crippen LogP contribution in [0.2, 0.25) is 5.02 Å². The van der Waals surface area contributed by atoms with Gasteiger partial charge in [0.05, 0.1) is 16.8 Å². The lowest BCUT2D eigenvalue weighted by Crippen LogP contribution is -2.23. The van der Waals surface area contributed by atoms with Gasteiger partial charge in [-0.3, -0.25) is 9.78 Å². The Morgan fingerprint density at radius 2 is 1.82 bits per heavy atom. The van der Waals surface area contributed by atoms with Crippen molar-refractivity contribution in [3.63, 3.8) is 0 Å². The predicted molar refractivity (Wildman–Crippen MR) is 112 cm³/mol. The zero-order chi connectivity index (χ0) is 19.5. The summed E-state index contributed by atoms with van der Waals surface area (Å²) in [6, 6.07) is 19.0. The number of aromatic nitrogens is 2. The quantitative estimate of drug-likeness (QED) is 0.524. The summed E-state index contributed by atoms with van der Waals surface area (Å²) < 4.78 is 0.